The number of hydrogen-bond acceptors (Lipinski definition) is 5. The number of urea groups is 1. The van der Waals surface area contributed by atoms with Crippen LogP contribution in [0.4, 0.5) is 14.9 Å². The number of thiophene rings is 1. The van der Waals surface area contributed by atoms with Gasteiger partial charge in [-0.05, 0) is 61.1 Å². The molecule has 2 amide bonds. The molecule has 1 aromatic carbocycles. The molecule has 0 unspecified atom stereocenters. The van der Waals surface area contributed by atoms with Crippen LogP contribution in [0.3, 0.4) is 0 Å². The van der Waals surface area contributed by atoms with Gasteiger partial charge in [0, 0.05) is 10.6 Å². The van der Waals surface area contributed by atoms with Crippen LogP contribution in [0.1, 0.15) is 69.4 Å². The molecule has 0 atom stereocenters. The van der Waals surface area contributed by atoms with Crippen LogP contribution in [0, 0.1) is 5.82 Å². The van der Waals surface area contributed by atoms with Crippen LogP contribution in [-0.4, -0.2) is 19.6 Å². The average molecular weight is 443 g/mol. The fourth-order valence-electron chi connectivity index (χ4n) is 2.81. The molecule has 0 spiro atoms. The summed E-state index contributed by atoms with van der Waals surface area (Å²) >= 11 is 0.883. The normalized spacial score (nSPS) is 12.5. The molecule has 0 bridgehead atoms. The number of sulfonamides is 1. The van der Waals surface area contributed by atoms with Crippen molar-refractivity contribution in [2.75, 3.05) is 5.32 Å². The highest BCUT2D eigenvalue weighted by Gasteiger charge is 2.26. The van der Waals surface area contributed by atoms with E-state index in [0.29, 0.717) is 21.7 Å². The zero-order valence-electron chi connectivity index (χ0n) is 17.3. The second-order valence-corrected chi connectivity index (χ2v) is 11.0. The van der Waals surface area contributed by atoms with Crippen LogP contribution >= 0.6 is 11.3 Å². The fourth-order valence-corrected chi connectivity index (χ4v) is 5.02. The van der Waals surface area contributed by atoms with E-state index in [1.165, 1.54) is 24.3 Å². The molecule has 0 aliphatic heterocycles. The van der Waals surface area contributed by atoms with E-state index in [4.69, 9.17) is 0 Å². The standard InChI is InChI=1S/C20H27FN2O4S2/c1-11(2)14-9-13(21)10-15(12(3)4)18(14)22-19(24)23-29(26,27)17-8-7-16(28-17)20(5,6)25/h7-12,25H,1-6H3,(H2,22,23,24). The summed E-state index contributed by atoms with van der Waals surface area (Å²) in [6, 6.07) is 4.60. The molecule has 3 N–H and O–H groups in total. The summed E-state index contributed by atoms with van der Waals surface area (Å²) in [4.78, 5) is 13.0. The Kier molecular flexibility index (Phi) is 6.76. The second-order valence-electron chi connectivity index (χ2n) is 8.01. The van der Waals surface area contributed by atoms with Crippen LogP contribution in [0.25, 0.3) is 0 Å². The monoisotopic (exact) mass is 442 g/mol. The Morgan fingerprint density at radius 1 is 1.10 bits per heavy atom. The number of nitrogens with one attached hydrogen (secondary N) is 2. The van der Waals surface area contributed by atoms with E-state index in [-0.39, 0.29) is 16.0 Å². The van der Waals surface area contributed by atoms with Gasteiger partial charge in [-0.1, -0.05) is 27.7 Å². The molecule has 2 rings (SSSR count). The molecule has 6 nitrogen and oxygen atoms in total. The van der Waals surface area contributed by atoms with Crippen molar-refractivity contribution >= 4 is 33.1 Å². The Morgan fingerprint density at radius 3 is 2.03 bits per heavy atom. The van der Waals surface area contributed by atoms with Crippen molar-refractivity contribution in [3.05, 3.63) is 46.1 Å². The quantitative estimate of drug-likeness (QED) is 0.595. The third kappa shape index (κ3) is 5.55. The number of amides is 2. The van der Waals surface area contributed by atoms with Crippen LogP contribution in [0.5, 0.6) is 0 Å². The highest BCUT2D eigenvalue weighted by molar-refractivity contribution is 7.92. The number of rotatable bonds is 6. The number of carbonyl (C=O) groups is 1. The third-order valence-electron chi connectivity index (χ3n) is 4.32. The molecule has 0 saturated carbocycles. The van der Waals surface area contributed by atoms with Gasteiger partial charge in [-0.15, -0.1) is 11.3 Å². The smallest absolute Gasteiger partial charge is 0.333 e. The van der Waals surface area contributed by atoms with Gasteiger partial charge in [0.25, 0.3) is 10.0 Å². The Balaban J connectivity index is 2.32. The minimum absolute atomic E-state index is 0.0817. The summed E-state index contributed by atoms with van der Waals surface area (Å²) in [5, 5.41) is 12.6. The maximum atomic E-state index is 14.0. The summed E-state index contributed by atoms with van der Waals surface area (Å²) in [5.74, 6) is -0.572. The molecule has 2 aromatic rings. The van der Waals surface area contributed by atoms with Crippen LogP contribution in [0.15, 0.2) is 28.5 Å². The van der Waals surface area contributed by atoms with E-state index in [0.717, 1.165) is 11.3 Å². The predicted octanol–water partition coefficient (Wildman–Crippen LogP) is 4.87. The Morgan fingerprint density at radius 2 is 1.62 bits per heavy atom. The van der Waals surface area contributed by atoms with Crippen LogP contribution in [-0.2, 0) is 15.6 Å². The number of aliphatic hydroxyl groups is 1. The van der Waals surface area contributed by atoms with Crippen molar-refractivity contribution in [2.45, 2.75) is 63.2 Å². The maximum Gasteiger partial charge on any atom is 0.333 e. The molecular weight excluding hydrogens is 415 g/mol. The lowest BCUT2D eigenvalue weighted by molar-refractivity contribution is 0.0825. The first-order valence-electron chi connectivity index (χ1n) is 9.22. The number of hydrogen-bond donors (Lipinski definition) is 3. The summed E-state index contributed by atoms with van der Waals surface area (Å²) in [6.45, 7) is 10.5. The second kappa shape index (κ2) is 8.41. The zero-order valence-corrected chi connectivity index (χ0v) is 19.0. The molecule has 0 aliphatic rings. The first-order chi connectivity index (χ1) is 13.2. The fraction of sp³-hybridized carbons (Fsp3) is 0.450. The lowest BCUT2D eigenvalue weighted by Gasteiger charge is -2.20. The SMILES string of the molecule is CC(C)c1cc(F)cc(C(C)C)c1NC(=O)NS(=O)(=O)c1ccc(C(C)(C)O)s1. The first kappa shape index (κ1) is 23.3. The summed E-state index contributed by atoms with van der Waals surface area (Å²) in [6.07, 6.45) is 0. The minimum atomic E-state index is -4.12. The van der Waals surface area contributed by atoms with E-state index in [1.54, 1.807) is 13.8 Å². The van der Waals surface area contributed by atoms with E-state index >= 15 is 0 Å². The van der Waals surface area contributed by atoms with E-state index in [2.05, 4.69) is 5.32 Å². The van der Waals surface area contributed by atoms with Crippen molar-refractivity contribution in [3.8, 4) is 0 Å². The largest absolute Gasteiger partial charge is 0.385 e. The molecule has 9 heteroatoms. The first-order valence-corrected chi connectivity index (χ1v) is 11.5. The molecule has 0 saturated heterocycles. The van der Waals surface area contributed by atoms with Gasteiger partial charge in [0.15, 0.2) is 0 Å². The third-order valence-corrected chi connectivity index (χ3v) is 7.54. The molecule has 0 aliphatic carbocycles. The Bertz CT molecular complexity index is 977. The average Bonchev–Trinajstić information content (AvgIpc) is 3.06. The van der Waals surface area contributed by atoms with E-state index in [1.807, 2.05) is 32.4 Å². The summed E-state index contributed by atoms with van der Waals surface area (Å²) in [7, 11) is -4.12. The lowest BCUT2D eigenvalue weighted by atomic mass is 9.92. The molecular formula is C20H27FN2O4S2. The minimum Gasteiger partial charge on any atom is -0.385 e. The van der Waals surface area contributed by atoms with Gasteiger partial charge in [0.2, 0.25) is 0 Å². The van der Waals surface area contributed by atoms with E-state index in [9.17, 15) is 22.7 Å². The Labute approximate surface area is 175 Å². The molecule has 29 heavy (non-hydrogen) atoms. The number of halogens is 1. The number of benzene rings is 1. The highest BCUT2D eigenvalue weighted by atomic mass is 32.2. The highest BCUT2D eigenvalue weighted by Crippen LogP contribution is 2.34. The topological polar surface area (TPSA) is 95.5 Å². The van der Waals surface area contributed by atoms with E-state index < -0.39 is 27.5 Å². The van der Waals surface area contributed by atoms with Gasteiger partial charge in [-0.3, -0.25) is 0 Å². The van der Waals surface area contributed by atoms with Gasteiger partial charge < -0.3 is 10.4 Å². The zero-order chi connectivity index (χ0) is 22.1. The van der Waals surface area contributed by atoms with Gasteiger partial charge in [0.05, 0.1) is 5.60 Å². The van der Waals surface area contributed by atoms with Gasteiger partial charge in [0.1, 0.15) is 10.0 Å². The van der Waals surface area contributed by atoms with Crippen LogP contribution in [0.2, 0.25) is 0 Å². The number of carbonyl (C=O) groups excluding carboxylic acids is 1. The van der Waals surface area contributed by atoms with Gasteiger partial charge in [-0.2, -0.15) is 0 Å². The predicted molar refractivity (Wildman–Crippen MR) is 113 cm³/mol. The summed E-state index contributed by atoms with van der Waals surface area (Å²) in [5.41, 5.74) is 0.392. The van der Waals surface area contributed by atoms with Crippen molar-refractivity contribution in [1.82, 2.24) is 4.72 Å². The van der Waals surface area contributed by atoms with Gasteiger partial charge >= 0.3 is 6.03 Å². The van der Waals surface area contributed by atoms with Crippen LogP contribution < -0.4 is 10.0 Å². The molecule has 1 heterocycles. The van der Waals surface area contributed by atoms with Crippen molar-refractivity contribution < 1.29 is 22.7 Å². The molecule has 0 radical (unpaired) electrons. The number of anilines is 1. The summed E-state index contributed by atoms with van der Waals surface area (Å²) < 4.78 is 41.0. The van der Waals surface area contributed by atoms with Crippen molar-refractivity contribution in [2.24, 2.45) is 0 Å². The van der Waals surface area contributed by atoms with Crippen molar-refractivity contribution in [3.63, 3.8) is 0 Å². The molecule has 160 valence electrons. The van der Waals surface area contributed by atoms with Crippen molar-refractivity contribution in [1.29, 1.82) is 0 Å². The maximum absolute atomic E-state index is 14.0. The Hall–Kier alpha value is -1.97. The lowest BCUT2D eigenvalue weighted by Crippen LogP contribution is -2.34. The molecule has 0 fully saturated rings. The van der Waals surface area contributed by atoms with Gasteiger partial charge in [-0.25, -0.2) is 22.3 Å². The molecule has 1 aromatic heterocycles.